The molecule has 0 fully saturated rings. The quantitative estimate of drug-likeness (QED) is 0.599. The zero-order valence-electron chi connectivity index (χ0n) is 9.53. The van der Waals surface area contributed by atoms with E-state index in [2.05, 4.69) is 10.7 Å². The van der Waals surface area contributed by atoms with E-state index in [-0.39, 0.29) is 5.97 Å². The zero-order valence-corrected chi connectivity index (χ0v) is 9.53. The van der Waals surface area contributed by atoms with Gasteiger partial charge in [0, 0.05) is 18.2 Å². The summed E-state index contributed by atoms with van der Waals surface area (Å²) in [6.45, 7) is 0. The third kappa shape index (κ3) is 2.31. The molecule has 86 valence electrons. The Morgan fingerprint density at radius 3 is 3.00 bits per heavy atom. The summed E-state index contributed by atoms with van der Waals surface area (Å²) in [5.41, 5.74) is 1.27. The average molecular weight is 228 g/mol. The van der Waals surface area contributed by atoms with E-state index in [1.54, 1.807) is 18.2 Å². The molecule has 17 heavy (non-hydrogen) atoms. The predicted octanol–water partition coefficient (Wildman–Crippen LogP) is 2.79. The Morgan fingerprint density at radius 2 is 2.29 bits per heavy atom. The highest BCUT2D eigenvalue weighted by atomic mass is 16.5. The molecule has 1 aromatic heterocycles. The lowest BCUT2D eigenvalue weighted by atomic mass is 10.1. The number of esters is 1. The Hall–Kier alpha value is -2.21. The first kappa shape index (κ1) is 11.3. The van der Waals surface area contributed by atoms with E-state index in [1.807, 2.05) is 6.07 Å². The number of carbonyl (C=O) groups excluding carboxylic acids is 1. The van der Waals surface area contributed by atoms with Crippen molar-refractivity contribution in [3.63, 3.8) is 0 Å². The van der Waals surface area contributed by atoms with Crippen LogP contribution in [0.4, 0.5) is 0 Å². The Morgan fingerprint density at radius 1 is 1.47 bits per heavy atom. The highest BCUT2D eigenvalue weighted by Crippen LogP contribution is 2.22. The van der Waals surface area contributed by atoms with Crippen LogP contribution in [0.2, 0.25) is 0 Å². The van der Waals surface area contributed by atoms with Crippen LogP contribution in [0.5, 0.6) is 0 Å². The van der Waals surface area contributed by atoms with Crippen molar-refractivity contribution < 1.29 is 13.9 Å². The fraction of sp³-hybridized carbons (Fsp3) is 0.214. The van der Waals surface area contributed by atoms with Crippen molar-refractivity contribution in [2.45, 2.75) is 12.8 Å². The minimum absolute atomic E-state index is 0.349. The Labute approximate surface area is 99.4 Å². The lowest BCUT2D eigenvalue weighted by Gasteiger charge is -1.97. The molecule has 1 aromatic carbocycles. The molecule has 0 radical (unpaired) electrons. The first-order valence-electron chi connectivity index (χ1n) is 5.29. The molecule has 0 amide bonds. The second kappa shape index (κ2) is 4.75. The van der Waals surface area contributed by atoms with Gasteiger partial charge in [-0.1, -0.05) is 0 Å². The first-order valence-corrected chi connectivity index (χ1v) is 5.29. The molecule has 0 aliphatic carbocycles. The van der Waals surface area contributed by atoms with E-state index < -0.39 is 0 Å². The van der Waals surface area contributed by atoms with Crippen molar-refractivity contribution in [2.24, 2.45) is 0 Å². The maximum atomic E-state index is 11.4. The monoisotopic (exact) mass is 228 g/mol. The Balaban J connectivity index is 2.35. The molecule has 0 spiro atoms. The van der Waals surface area contributed by atoms with Gasteiger partial charge in [-0.3, -0.25) is 0 Å². The van der Waals surface area contributed by atoms with Crippen LogP contribution in [-0.4, -0.2) is 13.1 Å². The van der Waals surface area contributed by atoms with Gasteiger partial charge in [-0.05, 0) is 24.3 Å². The zero-order chi connectivity index (χ0) is 12.3. The number of benzene rings is 1. The predicted molar refractivity (Wildman–Crippen MR) is 64.7 cm³/mol. The lowest BCUT2D eigenvalue weighted by Crippen LogP contribution is -1.99. The van der Waals surface area contributed by atoms with Crippen LogP contribution in [0.25, 0.3) is 11.0 Å². The van der Waals surface area contributed by atoms with Gasteiger partial charge in [-0.25, -0.2) is 4.79 Å². The number of carbonyl (C=O) groups is 1. The highest BCUT2D eigenvalue weighted by molar-refractivity contribution is 5.94. The van der Waals surface area contributed by atoms with Crippen LogP contribution in [0.1, 0.15) is 22.5 Å². The fourth-order valence-corrected chi connectivity index (χ4v) is 1.66. The van der Waals surface area contributed by atoms with E-state index in [9.17, 15) is 4.79 Å². The SMILES string of the molecule is C#CCCc1cc2cc(C(=O)OC)ccc2o1. The molecule has 0 aliphatic rings. The second-order valence-electron chi connectivity index (χ2n) is 3.66. The fourth-order valence-electron chi connectivity index (χ4n) is 1.66. The molecule has 1 heterocycles. The standard InChI is InChI=1S/C14H12O3/c1-3-4-5-12-9-11-8-10(14(15)16-2)6-7-13(11)17-12/h1,6-9H,4-5H2,2H3. The number of methoxy groups -OCH3 is 1. The third-order valence-corrected chi connectivity index (χ3v) is 2.50. The van der Waals surface area contributed by atoms with E-state index in [0.717, 1.165) is 16.7 Å². The number of hydrogen-bond acceptors (Lipinski definition) is 3. The molecular weight excluding hydrogens is 216 g/mol. The lowest BCUT2D eigenvalue weighted by molar-refractivity contribution is 0.0601. The van der Waals surface area contributed by atoms with Gasteiger partial charge in [0.05, 0.1) is 12.7 Å². The van der Waals surface area contributed by atoms with Crippen molar-refractivity contribution in [3.8, 4) is 12.3 Å². The van der Waals surface area contributed by atoms with Gasteiger partial charge in [0.25, 0.3) is 0 Å². The normalized spacial score (nSPS) is 10.1. The number of hydrogen-bond donors (Lipinski definition) is 0. The molecule has 0 N–H and O–H groups in total. The average Bonchev–Trinajstić information content (AvgIpc) is 2.76. The molecule has 0 saturated carbocycles. The van der Waals surface area contributed by atoms with Gasteiger partial charge in [0.2, 0.25) is 0 Å². The van der Waals surface area contributed by atoms with Gasteiger partial charge >= 0.3 is 5.97 Å². The molecular formula is C14H12O3. The third-order valence-electron chi connectivity index (χ3n) is 2.50. The van der Waals surface area contributed by atoms with Gasteiger partial charge in [0.1, 0.15) is 11.3 Å². The summed E-state index contributed by atoms with van der Waals surface area (Å²) in [7, 11) is 1.36. The van der Waals surface area contributed by atoms with Gasteiger partial charge in [-0.2, -0.15) is 0 Å². The van der Waals surface area contributed by atoms with Crippen LogP contribution in [0.15, 0.2) is 28.7 Å². The van der Waals surface area contributed by atoms with Gasteiger partial charge in [-0.15, -0.1) is 12.3 Å². The second-order valence-corrected chi connectivity index (χ2v) is 3.66. The van der Waals surface area contributed by atoms with Crippen molar-refractivity contribution in [1.29, 1.82) is 0 Å². The minimum atomic E-state index is -0.349. The van der Waals surface area contributed by atoms with E-state index in [0.29, 0.717) is 18.4 Å². The van der Waals surface area contributed by atoms with E-state index in [4.69, 9.17) is 10.8 Å². The van der Waals surface area contributed by atoms with Crippen LogP contribution in [0, 0.1) is 12.3 Å². The Bertz CT molecular complexity index is 587. The summed E-state index contributed by atoms with van der Waals surface area (Å²) >= 11 is 0. The van der Waals surface area contributed by atoms with Crippen molar-refractivity contribution in [1.82, 2.24) is 0 Å². The molecule has 0 saturated heterocycles. The molecule has 0 bridgehead atoms. The van der Waals surface area contributed by atoms with Crippen LogP contribution in [0.3, 0.4) is 0 Å². The maximum Gasteiger partial charge on any atom is 0.337 e. The topological polar surface area (TPSA) is 39.4 Å². The number of rotatable bonds is 3. The van der Waals surface area contributed by atoms with Crippen molar-refractivity contribution in [2.75, 3.05) is 7.11 Å². The summed E-state index contributed by atoms with van der Waals surface area (Å²) in [5, 5.41) is 0.889. The molecule has 0 aliphatic heterocycles. The van der Waals surface area contributed by atoms with Crippen LogP contribution >= 0.6 is 0 Å². The van der Waals surface area contributed by atoms with Crippen molar-refractivity contribution in [3.05, 3.63) is 35.6 Å². The molecule has 0 atom stereocenters. The van der Waals surface area contributed by atoms with E-state index >= 15 is 0 Å². The number of furan rings is 1. The maximum absolute atomic E-state index is 11.4. The summed E-state index contributed by atoms with van der Waals surface area (Å²) < 4.78 is 10.3. The molecule has 2 rings (SSSR count). The van der Waals surface area contributed by atoms with Crippen LogP contribution < -0.4 is 0 Å². The van der Waals surface area contributed by atoms with Crippen molar-refractivity contribution >= 4 is 16.9 Å². The smallest absolute Gasteiger partial charge is 0.337 e. The summed E-state index contributed by atoms with van der Waals surface area (Å²) in [6.07, 6.45) is 6.55. The largest absolute Gasteiger partial charge is 0.465 e. The molecule has 3 nitrogen and oxygen atoms in total. The number of fused-ring (bicyclic) bond motifs is 1. The first-order chi connectivity index (χ1) is 8.24. The van der Waals surface area contributed by atoms with Crippen LogP contribution in [-0.2, 0) is 11.2 Å². The van der Waals surface area contributed by atoms with Gasteiger partial charge in [0.15, 0.2) is 0 Å². The summed E-state index contributed by atoms with van der Waals surface area (Å²) in [5.74, 6) is 3.05. The molecule has 3 heteroatoms. The highest BCUT2D eigenvalue weighted by Gasteiger charge is 2.09. The Kier molecular flexibility index (Phi) is 3.15. The summed E-state index contributed by atoms with van der Waals surface area (Å²) in [6, 6.07) is 7.10. The molecule has 0 unspecified atom stereocenters. The van der Waals surface area contributed by atoms with Gasteiger partial charge < -0.3 is 9.15 Å². The minimum Gasteiger partial charge on any atom is -0.465 e. The van der Waals surface area contributed by atoms with E-state index in [1.165, 1.54) is 7.11 Å². The molecule has 2 aromatic rings. The number of aryl methyl sites for hydroxylation is 1. The summed E-state index contributed by atoms with van der Waals surface area (Å²) in [4.78, 5) is 11.4. The number of terminal acetylenes is 1. The number of ether oxygens (including phenoxy) is 1.